The topological polar surface area (TPSA) is 96.0 Å². The average Bonchev–Trinajstić information content (AvgIpc) is 3.60. The molecule has 1 saturated carbocycles. The van der Waals surface area contributed by atoms with Crippen LogP contribution >= 0.6 is 0 Å². The Morgan fingerprint density at radius 3 is 2.27 bits per heavy atom. The number of benzene rings is 2. The van der Waals surface area contributed by atoms with Crippen LogP contribution in [0, 0.1) is 11.8 Å². The SMILES string of the molecule is COc1cccc(CN(C(=O)CCN2C(=O)[C@H]3CC=CC[C@H]3C2=O)[C@H](Cc2ccccc2)C(=O)NC2CCCC2)c1. The molecule has 0 bridgehead atoms. The molecular formula is C33H39N3O5. The van der Waals surface area contributed by atoms with Crippen molar-refractivity contribution in [2.45, 2.75) is 70.0 Å². The number of hydrogen-bond donors (Lipinski definition) is 1. The van der Waals surface area contributed by atoms with E-state index in [1.165, 1.54) is 4.90 Å². The molecule has 0 radical (unpaired) electrons. The number of hydrogen-bond acceptors (Lipinski definition) is 5. The van der Waals surface area contributed by atoms with Gasteiger partial charge in [-0.05, 0) is 48.9 Å². The van der Waals surface area contributed by atoms with Crippen molar-refractivity contribution in [1.82, 2.24) is 15.1 Å². The second-order valence-corrected chi connectivity index (χ2v) is 11.3. The Morgan fingerprint density at radius 1 is 0.951 bits per heavy atom. The monoisotopic (exact) mass is 557 g/mol. The molecule has 216 valence electrons. The Kier molecular flexibility index (Phi) is 9.17. The third-order valence-corrected chi connectivity index (χ3v) is 8.61. The van der Waals surface area contributed by atoms with Gasteiger partial charge in [-0.25, -0.2) is 0 Å². The van der Waals surface area contributed by atoms with Crippen molar-refractivity contribution < 1.29 is 23.9 Å². The normalized spacial score (nSPS) is 21.0. The first-order valence-corrected chi connectivity index (χ1v) is 14.7. The maximum Gasteiger partial charge on any atom is 0.243 e. The number of nitrogens with zero attached hydrogens (tertiary/aromatic N) is 2. The molecule has 3 atom stereocenters. The van der Waals surface area contributed by atoms with Gasteiger partial charge in [0, 0.05) is 32.0 Å². The van der Waals surface area contributed by atoms with Gasteiger partial charge >= 0.3 is 0 Å². The molecule has 2 fully saturated rings. The molecule has 1 heterocycles. The highest BCUT2D eigenvalue weighted by Crippen LogP contribution is 2.35. The zero-order chi connectivity index (χ0) is 28.8. The molecule has 1 N–H and O–H groups in total. The zero-order valence-corrected chi connectivity index (χ0v) is 23.7. The van der Waals surface area contributed by atoms with Gasteiger partial charge in [-0.15, -0.1) is 0 Å². The molecule has 8 heteroatoms. The van der Waals surface area contributed by atoms with Gasteiger partial charge in [0.1, 0.15) is 11.8 Å². The lowest BCUT2D eigenvalue weighted by Gasteiger charge is -2.33. The van der Waals surface area contributed by atoms with Gasteiger partial charge in [0.05, 0.1) is 18.9 Å². The number of carbonyl (C=O) groups is 4. The number of likely N-dealkylation sites (tertiary alicyclic amines) is 1. The fourth-order valence-electron chi connectivity index (χ4n) is 6.33. The van der Waals surface area contributed by atoms with E-state index in [0.717, 1.165) is 36.8 Å². The quantitative estimate of drug-likeness (QED) is 0.332. The summed E-state index contributed by atoms with van der Waals surface area (Å²) in [5.74, 6) is -0.856. The molecule has 2 aliphatic carbocycles. The minimum Gasteiger partial charge on any atom is -0.497 e. The van der Waals surface area contributed by atoms with Gasteiger partial charge in [0.25, 0.3) is 0 Å². The summed E-state index contributed by atoms with van der Waals surface area (Å²) >= 11 is 0. The molecule has 4 amide bonds. The van der Waals surface area contributed by atoms with E-state index in [9.17, 15) is 19.2 Å². The summed E-state index contributed by atoms with van der Waals surface area (Å²) in [4.78, 5) is 56.8. The number of rotatable bonds is 11. The molecule has 0 aromatic heterocycles. The first kappa shape index (κ1) is 28.6. The standard InChI is InChI=1S/C33H39N3O5/c1-41-26-15-9-12-24(20-26)22-36(30(37)18-19-35-32(39)27-16-7-8-17-28(27)33(35)40)29(21-23-10-3-2-4-11-23)31(38)34-25-13-5-6-14-25/h2-4,7-12,15,20,25,27-29H,5-6,13-14,16-19,21-22H2,1H3,(H,34,38)/t27-,28+,29-/m1/s1. The van der Waals surface area contributed by atoms with E-state index in [2.05, 4.69) is 5.32 Å². The van der Waals surface area contributed by atoms with Crippen LogP contribution in [-0.4, -0.2) is 59.2 Å². The van der Waals surface area contributed by atoms with Gasteiger partial charge in [-0.1, -0.05) is 67.5 Å². The highest BCUT2D eigenvalue weighted by Gasteiger charge is 2.47. The summed E-state index contributed by atoms with van der Waals surface area (Å²) in [5.41, 5.74) is 1.78. The number of fused-ring (bicyclic) bond motifs is 1. The number of nitrogens with one attached hydrogen (secondary N) is 1. The molecule has 1 saturated heterocycles. The Hall–Kier alpha value is -3.94. The van der Waals surface area contributed by atoms with Gasteiger partial charge in [-0.2, -0.15) is 0 Å². The van der Waals surface area contributed by atoms with E-state index < -0.39 is 6.04 Å². The molecule has 8 nitrogen and oxygen atoms in total. The smallest absolute Gasteiger partial charge is 0.243 e. The second-order valence-electron chi connectivity index (χ2n) is 11.3. The minimum atomic E-state index is -0.756. The van der Waals surface area contributed by atoms with Crippen LogP contribution in [0.15, 0.2) is 66.7 Å². The molecular weight excluding hydrogens is 518 g/mol. The maximum absolute atomic E-state index is 14.0. The zero-order valence-electron chi connectivity index (χ0n) is 23.7. The number of ether oxygens (including phenoxy) is 1. The molecule has 2 aromatic carbocycles. The van der Waals surface area contributed by atoms with Crippen LogP contribution in [0.25, 0.3) is 0 Å². The van der Waals surface area contributed by atoms with E-state index in [1.54, 1.807) is 12.0 Å². The molecule has 41 heavy (non-hydrogen) atoms. The van der Waals surface area contributed by atoms with E-state index in [4.69, 9.17) is 4.74 Å². The summed E-state index contributed by atoms with van der Waals surface area (Å²) < 4.78 is 5.40. The number of allylic oxidation sites excluding steroid dienone is 2. The largest absolute Gasteiger partial charge is 0.497 e. The van der Waals surface area contributed by atoms with E-state index in [-0.39, 0.29) is 61.0 Å². The summed E-state index contributed by atoms with van der Waals surface area (Å²) in [7, 11) is 1.59. The highest BCUT2D eigenvalue weighted by atomic mass is 16.5. The van der Waals surface area contributed by atoms with Gasteiger partial charge in [-0.3, -0.25) is 24.1 Å². The fourth-order valence-corrected chi connectivity index (χ4v) is 6.33. The molecule has 1 aliphatic heterocycles. The van der Waals surface area contributed by atoms with E-state index in [1.807, 2.05) is 66.7 Å². The fraction of sp³-hybridized carbons (Fsp3) is 0.455. The predicted molar refractivity (Wildman–Crippen MR) is 155 cm³/mol. The Balaban J connectivity index is 1.40. The molecule has 0 spiro atoms. The number of amides is 4. The van der Waals surface area contributed by atoms with Crippen LogP contribution < -0.4 is 10.1 Å². The molecule has 3 aliphatic rings. The average molecular weight is 558 g/mol. The van der Waals surface area contributed by atoms with Crippen molar-refractivity contribution in [3.63, 3.8) is 0 Å². The first-order valence-electron chi connectivity index (χ1n) is 14.7. The van der Waals surface area contributed by atoms with Crippen molar-refractivity contribution >= 4 is 23.6 Å². The highest BCUT2D eigenvalue weighted by molar-refractivity contribution is 6.05. The Morgan fingerprint density at radius 2 is 1.61 bits per heavy atom. The molecule has 5 rings (SSSR count). The first-order chi connectivity index (χ1) is 19.9. The lowest BCUT2D eigenvalue weighted by molar-refractivity contribution is -0.144. The van der Waals surface area contributed by atoms with Crippen molar-refractivity contribution in [2.75, 3.05) is 13.7 Å². The second kappa shape index (κ2) is 13.1. The third-order valence-electron chi connectivity index (χ3n) is 8.61. The summed E-state index contributed by atoms with van der Waals surface area (Å²) in [6, 6.07) is 16.5. The molecule has 0 unspecified atom stereocenters. The van der Waals surface area contributed by atoms with Crippen LogP contribution in [0.1, 0.15) is 56.1 Å². The summed E-state index contributed by atoms with van der Waals surface area (Å²) in [6.07, 6.45) is 9.36. The van der Waals surface area contributed by atoms with Crippen molar-refractivity contribution in [3.05, 3.63) is 77.9 Å². The lowest BCUT2D eigenvalue weighted by Crippen LogP contribution is -2.52. The van der Waals surface area contributed by atoms with Crippen LogP contribution in [-0.2, 0) is 32.1 Å². The minimum absolute atomic E-state index is 0.0143. The van der Waals surface area contributed by atoms with Crippen LogP contribution in [0.2, 0.25) is 0 Å². The van der Waals surface area contributed by atoms with Crippen molar-refractivity contribution in [2.24, 2.45) is 11.8 Å². The number of carbonyl (C=O) groups excluding carboxylic acids is 4. The van der Waals surface area contributed by atoms with Crippen LogP contribution in [0.5, 0.6) is 5.75 Å². The van der Waals surface area contributed by atoms with E-state index >= 15 is 0 Å². The van der Waals surface area contributed by atoms with E-state index in [0.29, 0.717) is 25.0 Å². The molecule has 2 aromatic rings. The lowest BCUT2D eigenvalue weighted by atomic mass is 9.85. The number of imide groups is 1. The van der Waals surface area contributed by atoms with Gasteiger partial charge < -0.3 is 15.0 Å². The van der Waals surface area contributed by atoms with Gasteiger partial charge in [0.2, 0.25) is 23.6 Å². The summed E-state index contributed by atoms with van der Waals surface area (Å²) in [6.45, 7) is 0.211. The van der Waals surface area contributed by atoms with Gasteiger partial charge in [0.15, 0.2) is 0 Å². The third kappa shape index (κ3) is 6.69. The van der Waals surface area contributed by atoms with Crippen molar-refractivity contribution in [3.8, 4) is 5.75 Å². The Labute approximate surface area is 241 Å². The Bertz CT molecular complexity index is 1260. The maximum atomic E-state index is 14.0. The number of methoxy groups -OCH3 is 1. The van der Waals surface area contributed by atoms with Crippen molar-refractivity contribution in [1.29, 1.82) is 0 Å². The summed E-state index contributed by atoms with van der Waals surface area (Å²) in [5, 5.41) is 3.20. The predicted octanol–water partition coefficient (Wildman–Crippen LogP) is 4.04. The van der Waals surface area contributed by atoms with Crippen LogP contribution in [0.4, 0.5) is 0 Å². The van der Waals surface area contributed by atoms with Crippen LogP contribution in [0.3, 0.4) is 0 Å².